The van der Waals surface area contributed by atoms with Crippen LogP contribution in [-0.4, -0.2) is 13.1 Å². The van der Waals surface area contributed by atoms with Gasteiger partial charge in [-0.05, 0) is 12.8 Å². The molecule has 0 heterocycles. The first-order chi connectivity index (χ1) is 10.8. The highest BCUT2D eigenvalue weighted by Crippen LogP contribution is 2.17. The van der Waals surface area contributed by atoms with E-state index in [0.29, 0.717) is 0 Å². The van der Waals surface area contributed by atoms with Crippen LogP contribution in [0.15, 0.2) is 12.7 Å². The molecule has 0 aromatic rings. The molecule has 0 aliphatic carbocycles. The zero-order valence-corrected chi connectivity index (χ0v) is 15.1. The quantitative estimate of drug-likeness (QED) is 0.186. The molecule has 1 atom stereocenters. The van der Waals surface area contributed by atoms with Crippen LogP contribution in [-0.2, 0) is 9.53 Å². The molecule has 0 saturated carbocycles. The van der Waals surface area contributed by atoms with E-state index in [1.807, 2.05) is 6.08 Å². The van der Waals surface area contributed by atoms with Gasteiger partial charge in [-0.1, -0.05) is 90.0 Å². The normalized spacial score (nSPS) is 12.1. The average molecular weight is 311 g/mol. The summed E-state index contributed by atoms with van der Waals surface area (Å²) in [5.74, 6) is -0.0615. The molecule has 0 aliphatic heterocycles. The first-order valence-corrected chi connectivity index (χ1v) is 9.45. The average Bonchev–Trinajstić information content (AvgIpc) is 2.54. The summed E-state index contributed by atoms with van der Waals surface area (Å²) in [5.41, 5.74) is 0. The Hall–Kier alpha value is -0.790. The summed E-state index contributed by atoms with van der Waals surface area (Å²) < 4.78 is 4.84. The van der Waals surface area contributed by atoms with Crippen molar-refractivity contribution in [3.8, 4) is 0 Å². The van der Waals surface area contributed by atoms with Gasteiger partial charge in [0, 0.05) is 0 Å². The van der Waals surface area contributed by atoms with Crippen LogP contribution in [0.3, 0.4) is 0 Å². The molecule has 0 bridgehead atoms. The minimum atomic E-state index is -0.0806. The van der Waals surface area contributed by atoms with Gasteiger partial charge >= 0.3 is 5.97 Å². The van der Waals surface area contributed by atoms with Gasteiger partial charge in [0.25, 0.3) is 0 Å². The molecule has 0 spiro atoms. The van der Waals surface area contributed by atoms with E-state index in [2.05, 4.69) is 13.5 Å². The Morgan fingerprint density at radius 2 is 1.36 bits per heavy atom. The maximum absolute atomic E-state index is 11.6. The Bertz CT molecular complexity index is 260. The van der Waals surface area contributed by atoms with E-state index < -0.39 is 0 Å². The lowest BCUT2D eigenvalue weighted by Crippen LogP contribution is -2.15. The highest BCUT2D eigenvalue weighted by molar-refractivity contribution is 5.72. The summed E-state index contributed by atoms with van der Waals surface area (Å²) in [6.45, 7) is 5.99. The molecule has 0 radical (unpaired) electrons. The van der Waals surface area contributed by atoms with Crippen molar-refractivity contribution in [3.63, 3.8) is 0 Å². The number of hydrogen-bond donors (Lipinski definition) is 0. The number of hydrogen-bond acceptors (Lipinski definition) is 2. The zero-order chi connectivity index (χ0) is 16.5. The molecule has 130 valence electrons. The largest absolute Gasteiger partial charge is 0.469 e. The first-order valence-electron chi connectivity index (χ1n) is 9.45. The molecule has 0 aromatic heterocycles. The maximum Gasteiger partial charge on any atom is 0.308 e. The summed E-state index contributed by atoms with van der Waals surface area (Å²) >= 11 is 0. The van der Waals surface area contributed by atoms with Crippen LogP contribution >= 0.6 is 0 Å². The van der Waals surface area contributed by atoms with Gasteiger partial charge in [0.1, 0.15) is 0 Å². The predicted molar refractivity (Wildman–Crippen MR) is 96.0 cm³/mol. The van der Waals surface area contributed by atoms with E-state index in [1.165, 1.54) is 77.7 Å². The lowest BCUT2D eigenvalue weighted by molar-refractivity contribution is -0.145. The standard InChI is InChI=1S/C20H38O2/c1-4-6-7-8-9-10-11-12-13-14-15-16-18-19(17-5-2)20(21)22-3/h5,19H,2,4,6-18H2,1,3H3. The highest BCUT2D eigenvalue weighted by Gasteiger charge is 2.16. The van der Waals surface area contributed by atoms with E-state index in [9.17, 15) is 4.79 Å². The summed E-state index contributed by atoms with van der Waals surface area (Å²) in [4.78, 5) is 11.6. The Kier molecular flexibility index (Phi) is 16.0. The topological polar surface area (TPSA) is 26.3 Å². The molecule has 1 unspecified atom stereocenters. The molecule has 0 fully saturated rings. The fourth-order valence-corrected chi connectivity index (χ4v) is 2.93. The van der Waals surface area contributed by atoms with Crippen molar-refractivity contribution < 1.29 is 9.53 Å². The van der Waals surface area contributed by atoms with Crippen molar-refractivity contribution in [2.24, 2.45) is 5.92 Å². The summed E-state index contributed by atoms with van der Waals surface area (Å²) in [6, 6.07) is 0. The first kappa shape index (κ1) is 21.2. The molecular formula is C20H38O2. The fraction of sp³-hybridized carbons (Fsp3) is 0.850. The molecule has 0 N–H and O–H groups in total. The number of methoxy groups -OCH3 is 1. The summed E-state index contributed by atoms with van der Waals surface area (Å²) in [7, 11) is 1.47. The zero-order valence-electron chi connectivity index (χ0n) is 15.1. The van der Waals surface area contributed by atoms with Crippen LogP contribution in [0.4, 0.5) is 0 Å². The third-order valence-corrected chi connectivity index (χ3v) is 4.39. The molecule has 0 amide bonds. The van der Waals surface area contributed by atoms with Gasteiger partial charge in [-0.2, -0.15) is 0 Å². The predicted octanol–water partition coefficient (Wildman–Crippen LogP) is 6.44. The number of carbonyl (C=O) groups is 1. The number of ether oxygens (including phenoxy) is 1. The summed E-state index contributed by atoms with van der Waals surface area (Å²) in [5, 5.41) is 0. The second-order valence-corrected chi connectivity index (χ2v) is 6.42. The Morgan fingerprint density at radius 3 is 1.77 bits per heavy atom. The SMILES string of the molecule is C=CCC(CCCCCCCCCCCCCC)C(=O)OC. The third kappa shape index (κ3) is 12.9. The number of allylic oxidation sites excluding steroid dienone is 1. The number of rotatable bonds is 16. The van der Waals surface area contributed by atoms with Gasteiger partial charge in [-0.3, -0.25) is 4.79 Å². The number of esters is 1. The van der Waals surface area contributed by atoms with Crippen LogP contribution in [0.25, 0.3) is 0 Å². The lowest BCUT2D eigenvalue weighted by Gasteiger charge is -2.12. The van der Waals surface area contributed by atoms with Gasteiger partial charge < -0.3 is 4.74 Å². The van der Waals surface area contributed by atoms with Crippen molar-refractivity contribution in [2.75, 3.05) is 7.11 Å². The molecular weight excluding hydrogens is 272 g/mol. The maximum atomic E-state index is 11.6. The molecule has 2 nitrogen and oxygen atoms in total. The van der Waals surface area contributed by atoms with Crippen LogP contribution in [0.1, 0.15) is 96.8 Å². The molecule has 2 heteroatoms. The van der Waals surface area contributed by atoms with Crippen LogP contribution in [0.5, 0.6) is 0 Å². The second kappa shape index (κ2) is 16.6. The molecule has 0 aliphatic rings. The van der Waals surface area contributed by atoms with Gasteiger partial charge in [-0.15, -0.1) is 6.58 Å². The van der Waals surface area contributed by atoms with Crippen LogP contribution in [0.2, 0.25) is 0 Å². The van der Waals surface area contributed by atoms with Crippen molar-refractivity contribution >= 4 is 5.97 Å². The van der Waals surface area contributed by atoms with Gasteiger partial charge in [0.15, 0.2) is 0 Å². The summed E-state index contributed by atoms with van der Waals surface area (Å²) in [6.07, 6.45) is 19.7. The molecule has 22 heavy (non-hydrogen) atoms. The number of carbonyl (C=O) groups excluding carboxylic acids is 1. The van der Waals surface area contributed by atoms with E-state index in [4.69, 9.17) is 4.74 Å². The minimum absolute atomic E-state index is 0.0191. The molecule has 0 aromatic carbocycles. The minimum Gasteiger partial charge on any atom is -0.469 e. The van der Waals surface area contributed by atoms with Gasteiger partial charge in [-0.25, -0.2) is 0 Å². The van der Waals surface area contributed by atoms with E-state index >= 15 is 0 Å². The fourth-order valence-electron chi connectivity index (χ4n) is 2.93. The molecule has 0 rings (SSSR count). The van der Waals surface area contributed by atoms with Crippen molar-refractivity contribution in [3.05, 3.63) is 12.7 Å². The monoisotopic (exact) mass is 310 g/mol. The smallest absolute Gasteiger partial charge is 0.308 e. The van der Waals surface area contributed by atoms with Crippen LogP contribution < -0.4 is 0 Å². The number of unbranched alkanes of at least 4 members (excludes halogenated alkanes) is 11. The lowest BCUT2D eigenvalue weighted by atomic mass is 9.97. The van der Waals surface area contributed by atoms with Crippen molar-refractivity contribution in [1.29, 1.82) is 0 Å². The van der Waals surface area contributed by atoms with Gasteiger partial charge in [0.2, 0.25) is 0 Å². The van der Waals surface area contributed by atoms with Crippen molar-refractivity contribution in [2.45, 2.75) is 96.8 Å². The highest BCUT2D eigenvalue weighted by atomic mass is 16.5. The van der Waals surface area contributed by atoms with E-state index in [0.717, 1.165) is 19.3 Å². The molecule has 0 saturated heterocycles. The second-order valence-electron chi connectivity index (χ2n) is 6.42. The Labute approximate surface area is 138 Å². The van der Waals surface area contributed by atoms with E-state index in [1.54, 1.807) is 0 Å². The third-order valence-electron chi connectivity index (χ3n) is 4.39. The van der Waals surface area contributed by atoms with Gasteiger partial charge in [0.05, 0.1) is 13.0 Å². The Morgan fingerprint density at radius 1 is 0.909 bits per heavy atom. The van der Waals surface area contributed by atoms with Crippen molar-refractivity contribution in [1.82, 2.24) is 0 Å². The Balaban J connectivity index is 3.34. The van der Waals surface area contributed by atoms with E-state index in [-0.39, 0.29) is 11.9 Å². The van der Waals surface area contributed by atoms with Crippen LogP contribution in [0, 0.1) is 5.92 Å².